The van der Waals surface area contributed by atoms with Crippen molar-refractivity contribution in [2.75, 3.05) is 6.61 Å². The Balaban J connectivity index is 1.87. The van der Waals surface area contributed by atoms with Crippen LogP contribution in [0.5, 0.6) is 0 Å². The fourth-order valence-corrected chi connectivity index (χ4v) is 3.08. The smallest absolute Gasteiger partial charge is 0.355 e. The fraction of sp³-hybridized carbons (Fsp3) is 0.444. The minimum atomic E-state index is -0.395. The van der Waals surface area contributed by atoms with E-state index in [4.69, 9.17) is 9.15 Å². The largest absolute Gasteiger partial charge is 0.469 e. The average Bonchev–Trinajstić information content (AvgIpc) is 3.13. The van der Waals surface area contributed by atoms with Gasteiger partial charge < -0.3 is 14.1 Å². The molecule has 1 atom stereocenters. The van der Waals surface area contributed by atoms with Crippen molar-refractivity contribution in [3.63, 3.8) is 0 Å². The van der Waals surface area contributed by atoms with Crippen molar-refractivity contribution < 1.29 is 18.7 Å². The second kappa shape index (κ2) is 6.07. The number of ketones is 1. The van der Waals surface area contributed by atoms with Gasteiger partial charge in [-0.3, -0.25) is 4.79 Å². The molecule has 2 aromatic rings. The van der Waals surface area contributed by atoms with Gasteiger partial charge in [0.2, 0.25) is 0 Å². The molecule has 2 heterocycles. The number of hydrogen-bond donors (Lipinski definition) is 1. The van der Waals surface area contributed by atoms with Gasteiger partial charge in [-0.15, -0.1) is 0 Å². The lowest BCUT2D eigenvalue weighted by Crippen LogP contribution is -2.18. The third kappa shape index (κ3) is 2.96. The molecule has 0 saturated carbocycles. The first-order chi connectivity index (χ1) is 11.0. The quantitative estimate of drug-likeness (QED) is 0.874. The van der Waals surface area contributed by atoms with Crippen LogP contribution in [-0.4, -0.2) is 23.3 Å². The first-order valence-electron chi connectivity index (χ1n) is 7.92. The first-order valence-corrected chi connectivity index (χ1v) is 7.92. The van der Waals surface area contributed by atoms with Gasteiger partial charge in [0, 0.05) is 23.6 Å². The summed E-state index contributed by atoms with van der Waals surface area (Å²) < 4.78 is 10.7. The Morgan fingerprint density at radius 2 is 2.22 bits per heavy atom. The molecular weight excluding hydrogens is 294 g/mol. The summed E-state index contributed by atoms with van der Waals surface area (Å²) in [5, 5.41) is 0. The van der Waals surface area contributed by atoms with Crippen molar-refractivity contribution in [1.29, 1.82) is 0 Å². The van der Waals surface area contributed by atoms with E-state index in [1.807, 2.05) is 26.0 Å². The molecule has 0 fully saturated rings. The van der Waals surface area contributed by atoms with Gasteiger partial charge >= 0.3 is 5.97 Å². The lowest BCUT2D eigenvalue weighted by molar-refractivity contribution is 0.0451. The van der Waals surface area contributed by atoms with Crippen molar-refractivity contribution >= 4 is 11.8 Å². The van der Waals surface area contributed by atoms with Crippen LogP contribution in [0.25, 0.3) is 0 Å². The Bertz CT molecular complexity index is 725. The van der Waals surface area contributed by atoms with Crippen LogP contribution in [0.4, 0.5) is 0 Å². The van der Waals surface area contributed by atoms with E-state index in [0.29, 0.717) is 36.3 Å². The van der Waals surface area contributed by atoms with Crippen molar-refractivity contribution in [2.45, 2.75) is 39.5 Å². The number of aromatic nitrogens is 1. The Labute approximate surface area is 135 Å². The molecule has 23 heavy (non-hydrogen) atoms. The molecule has 1 aliphatic carbocycles. The van der Waals surface area contributed by atoms with E-state index in [0.717, 1.165) is 11.5 Å². The minimum Gasteiger partial charge on any atom is -0.469 e. The summed E-state index contributed by atoms with van der Waals surface area (Å²) in [5.74, 6) is 0.744. The Kier molecular flexibility index (Phi) is 4.11. The van der Waals surface area contributed by atoms with Gasteiger partial charge in [-0.1, -0.05) is 13.8 Å². The number of carbonyl (C=O) groups is 2. The number of furan rings is 1. The normalized spacial score (nSPS) is 17.4. The van der Waals surface area contributed by atoms with Crippen molar-refractivity contribution in [1.82, 2.24) is 4.98 Å². The van der Waals surface area contributed by atoms with Gasteiger partial charge in [0.25, 0.3) is 0 Å². The van der Waals surface area contributed by atoms with E-state index in [1.165, 1.54) is 0 Å². The van der Waals surface area contributed by atoms with E-state index < -0.39 is 5.97 Å². The molecule has 3 rings (SSSR count). The fourth-order valence-electron chi connectivity index (χ4n) is 3.08. The molecule has 122 valence electrons. The Morgan fingerprint density at radius 3 is 2.87 bits per heavy atom. The highest BCUT2D eigenvalue weighted by Crippen LogP contribution is 2.35. The van der Waals surface area contributed by atoms with Gasteiger partial charge in [-0.25, -0.2) is 4.79 Å². The standard InChI is InChI=1S/C18H21NO4/c1-10(2)9-23-18(21)17-11(3)16-13(19-17)7-12(8-14(16)20)15-5-4-6-22-15/h4-6,10,12,19H,7-9H2,1-3H3. The molecule has 0 saturated heterocycles. The number of carbonyl (C=O) groups excluding carboxylic acids is 2. The van der Waals surface area contributed by atoms with E-state index in [2.05, 4.69) is 4.98 Å². The summed E-state index contributed by atoms with van der Waals surface area (Å²) in [6.45, 7) is 6.13. The molecule has 0 amide bonds. The van der Waals surface area contributed by atoms with Crippen molar-refractivity contribution in [2.24, 2.45) is 5.92 Å². The summed E-state index contributed by atoms with van der Waals surface area (Å²) >= 11 is 0. The molecule has 1 aliphatic rings. The number of hydrogen-bond acceptors (Lipinski definition) is 4. The number of nitrogens with one attached hydrogen (secondary N) is 1. The van der Waals surface area contributed by atoms with Crippen LogP contribution in [0.3, 0.4) is 0 Å². The maximum atomic E-state index is 12.5. The van der Waals surface area contributed by atoms with E-state index in [9.17, 15) is 9.59 Å². The molecule has 0 aromatic carbocycles. The minimum absolute atomic E-state index is 0.0163. The number of fused-ring (bicyclic) bond motifs is 1. The summed E-state index contributed by atoms with van der Waals surface area (Å²) in [5.41, 5.74) is 2.53. The zero-order chi connectivity index (χ0) is 16.6. The van der Waals surface area contributed by atoms with Crippen LogP contribution in [0, 0.1) is 12.8 Å². The zero-order valence-corrected chi connectivity index (χ0v) is 13.6. The molecule has 5 heteroatoms. The van der Waals surface area contributed by atoms with E-state index in [-0.39, 0.29) is 17.6 Å². The summed E-state index contributed by atoms with van der Waals surface area (Å²) in [6, 6.07) is 3.71. The van der Waals surface area contributed by atoms with Gasteiger partial charge in [0.15, 0.2) is 5.78 Å². The van der Waals surface area contributed by atoms with Crippen LogP contribution in [0.15, 0.2) is 22.8 Å². The van der Waals surface area contributed by atoms with Crippen LogP contribution >= 0.6 is 0 Å². The zero-order valence-electron chi connectivity index (χ0n) is 13.6. The summed E-state index contributed by atoms with van der Waals surface area (Å²) in [4.78, 5) is 27.8. The lowest BCUT2D eigenvalue weighted by Gasteiger charge is -2.19. The highest BCUT2D eigenvalue weighted by Gasteiger charge is 2.33. The van der Waals surface area contributed by atoms with Gasteiger partial charge in [-0.05, 0) is 37.0 Å². The third-order valence-corrected chi connectivity index (χ3v) is 4.19. The third-order valence-electron chi connectivity index (χ3n) is 4.19. The highest BCUT2D eigenvalue weighted by molar-refractivity contribution is 6.03. The molecule has 0 spiro atoms. The monoisotopic (exact) mass is 315 g/mol. The summed E-state index contributed by atoms with van der Waals surface area (Å²) in [7, 11) is 0. The van der Waals surface area contributed by atoms with Gasteiger partial charge in [0.05, 0.1) is 12.9 Å². The SMILES string of the molecule is Cc1c(C(=O)OCC(C)C)[nH]c2c1C(=O)CC(c1ccco1)C2. The Morgan fingerprint density at radius 1 is 1.43 bits per heavy atom. The lowest BCUT2D eigenvalue weighted by atomic mass is 9.84. The van der Waals surface area contributed by atoms with Gasteiger partial charge in [-0.2, -0.15) is 0 Å². The predicted molar refractivity (Wildman–Crippen MR) is 84.8 cm³/mol. The van der Waals surface area contributed by atoms with Crippen LogP contribution in [0.2, 0.25) is 0 Å². The number of aromatic amines is 1. The van der Waals surface area contributed by atoms with Crippen molar-refractivity contribution in [3.05, 3.63) is 46.7 Å². The number of Topliss-reactive ketones (excluding diaryl/α,β-unsaturated/α-hetero) is 1. The number of rotatable bonds is 4. The van der Waals surface area contributed by atoms with Gasteiger partial charge in [0.1, 0.15) is 11.5 Å². The second-order valence-electron chi connectivity index (χ2n) is 6.51. The van der Waals surface area contributed by atoms with Crippen LogP contribution in [0.1, 0.15) is 64.1 Å². The molecular formula is C18H21NO4. The maximum Gasteiger partial charge on any atom is 0.355 e. The molecule has 0 bridgehead atoms. The predicted octanol–water partition coefficient (Wildman–Crippen LogP) is 3.64. The van der Waals surface area contributed by atoms with Crippen LogP contribution < -0.4 is 0 Å². The molecule has 0 aliphatic heterocycles. The average molecular weight is 315 g/mol. The first kappa shape index (κ1) is 15.6. The number of ether oxygens (including phenoxy) is 1. The maximum absolute atomic E-state index is 12.5. The highest BCUT2D eigenvalue weighted by atomic mass is 16.5. The number of esters is 1. The molecule has 0 radical (unpaired) electrons. The van der Waals surface area contributed by atoms with E-state index >= 15 is 0 Å². The summed E-state index contributed by atoms with van der Waals surface area (Å²) in [6.07, 6.45) is 2.68. The number of H-pyrrole nitrogens is 1. The molecule has 2 aromatic heterocycles. The Hall–Kier alpha value is -2.30. The second-order valence-corrected chi connectivity index (χ2v) is 6.51. The van der Waals surface area contributed by atoms with Crippen LogP contribution in [-0.2, 0) is 11.2 Å². The molecule has 1 unspecified atom stereocenters. The van der Waals surface area contributed by atoms with E-state index in [1.54, 1.807) is 13.2 Å². The van der Waals surface area contributed by atoms with Crippen molar-refractivity contribution in [3.8, 4) is 0 Å². The topological polar surface area (TPSA) is 72.3 Å². The molecule has 1 N–H and O–H groups in total. The molecule has 5 nitrogen and oxygen atoms in total.